The maximum Gasteiger partial charge on any atom is 0.195 e. The van der Waals surface area contributed by atoms with Gasteiger partial charge < -0.3 is 5.11 Å². The minimum Gasteiger partial charge on any atom is -0.381 e. The molecule has 1 atom stereocenters. The number of fused-ring (bicyclic) bond motifs is 1. The Kier molecular flexibility index (Phi) is 2.99. The molecule has 0 aromatic heterocycles. The van der Waals surface area contributed by atoms with E-state index >= 15 is 0 Å². The summed E-state index contributed by atoms with van der Waals surface area (Å²) in [6, 6.07) is 15.9. The summed E-state index contributed by atoms with van der Waals surface area (Å²) in [4.78, 5) is 24.6. The Hall–Kier alpha value is -2.26. The average Bonchev–Trinajstić information content (AvgIpc) is 2.46. The van der Waals surface area contributed by atoms with Crippen LogP contribution < -0.4 is 0 Å². The van der Waals surface area contributed by atoms with Crippen LogP contribution >= 0.6 is 0 Å². The average molecular weight is 266 g/mol. The third-order valence-electron chi connectivity index (χ3n) is 3.69. The Balaban J connectivity index is 2.00. The molecule has 0 saturated heterocycles. The second-order valence-electron chi connectivity index (χ2n) is 5.17. The first-order chi connectivity index (χ1) is 9.60. The van der Waals surface area contributed by atoms with Gasteiger partial charge in [0.15, 0.2) is 11.6 Å². The standard InChI is InChI=1S/C17H14O3/c18-15-11-17(20,10-12-6-2-1-3-7-12)16(19)14-9-5-4-8-13(14)15/h1-9,20H,10-11H2. The van der Waals surface area contributed by atoms with E-state index in [1.165, 1.54) is 0 Å². The fourth-order valence-corrected chi connectivity index (χ4v) is 2.69. The van der Waals surface area contributed by atoms with Crippen LogP contribution in [0.25, 0.3) is 0 Å². The van der Waals surface area contributed by atoms with E-state index in [2.05, 4.69) is 0 Å². The molecular formula is C17H14O3. The lowest BCUT2D eigenvalue weighted by Gasteiger charge is -2.31. The SMILES string of the molecule is O=C1CC(O)(Cc2ccccc2)C(=O)c2ccccc21. The summed E-state index contributed by atoms with van der Waals surface area (Å²) in [5.74, 6) is -0.546. The molecule has 0 heterocycles. The molecule has 1 unspecified atom stereocenters. The third-order valence-corrected chi connectivity index (χ3v) is 3.69. The number of benzene rings is 2. The van der Waals surface area contributed by atoms with Gasteiger partial charge in [0, 0.05) is 24.0 Å². The molecule has 0 fully saturated rings. The number of hydrogen-bond donors (Lipinski definition) is 1. The van der Waals surface area contributed by atoms with E-state index in [0.717, 1.165) is 5.56 Å². The predicted molar refractivity (Wildman–Crippen MR) is 74.8 cm³/mol. The van der Waals surface area contributed by atoms with Crippen molar-refractivity contribution >= 4 is 11.6 Å². The Morgan fingerprint density at radius 1 is 0.900 bits per heavy atom. The maximum atomic E-state index is 12.5. The molecule has 0 aliphatic heterocycles. The van der Waals surface area contributed by atoms with Crippen molar-refractivity contribution in [1.29, 1.82) is 0 Å². The molecule has 2 aromatic rings. The predicted octanol–water partition coefficient (Wildman–Crippen LogP) is 2.43. The highest BCUT2D eigenvalue weighted by Gasteiger charge is 2.44. The molecule has 3 heteroatoms. The van der Waals surface area contributed by atoms with E-state index in [9.17, 15) is 14.7 Å². The van der Waals surface area contributed by atoms with Gasteiger partial charge in [-0.05, 0) is 5.56 Å². The van der Waals surface area contributed by atoms with Crippen LogP contribution in [0.2, 0.25) is 0 Å². The molecule has 0 amide bonds. The fraction of sp³-hybridized carbons (Fsp3) is 0.176. The summed E-state index contributed by atoms with van der Waals surface area (Å²) < 4.78 is 0. The number of carbonyl (C=O) groups excluding carboxylic acids is 2. The van der Waals surface area contributed by atoms with Gasteiger partial charge in [0.05, 0.1) is 0 Å². The van der Waals surface area contributed by atoms with Gasteiger partial charge in [0.25, 0.3) is 0 Å². The van der Waals surface area contributed by atoms with Gasteiger partial charge in [0.2, 0.25) is 0 Å². The molecule has 0 spiro atoms. The van der Waals surface area contributed by atoms with E-state index in [-0.39, 0.29) is 24.4 Å². The summed E-state index contributed by atoms with van der Waals surface area (Å²) in [5.41, 5.74) is -0.0553. The molecule has 0 radical (unpaired) electrons. The van der Waals surface area contributed by atoms with Crippen LogP contribution in [0.3, 0.4) is 0 Å². The summed E-state index contributed by atoms with van der Waals surface area (Å²) in [6.07, 6.45) is 0.00445. The van der Waals surface area contributed by atoms with E-state index in [0.29, 0.717) is 11.1 Å². The molecular weight excluding hydrogens is 252 g/mol. The largest absolute Gasteiger partial charge is 0.381 e. The highest BCUT2D eigenvalue weighted by atomic mass is 16.3. The molecule has 1 aliphatic rings. The lowest BCUT2D eigenvalue weighted by Crippen LogP contribution is -2.46. The zero-order chi connectivity index (χ0) is 14.2. The number of Topliss-reactive ketones (excluding diaryl/α,β-unsaturated/α-hetero) is 2. The summed E-state index contributed by atoms with van der Waals surface area (Å²) in [7, 11) is 0. The van der Waals surface area contributed by atoms with Crippen LogP contribution in [0.1, 0.15) is 32.7 Å². The molecule has 20 heavy (non-hydrogen) atoms. The number of rotatable bonds is 2. The molecule has 0 saturated carbocycles. The zero-order valence-corrected chi connectivity index (χ0v) is 10.9. The van der Waals surface area contributed by atoms with Crippen LogP contribution in [0, 0.1) is 0 Å². The smallest absolute Gasteiger partial charge is 0.195 e. The quantitative estimate of drug-likeness (QED) is 0.908. The minimum absolute atomic E-state index is 0.155. The maximum absolute atomic E-state index is 12.5. The van der Waals surface area contributed by atoms with Crippen LogP contribution in [-0.4, -0.2) is 22.3 Å². The van der Waals surface area contributed by atoms with Crippen molar-refractivity contribution in [2.75, 3.05) is 0 Å². The van der Waals surface area contributed by atoms with Crippen molar-refractivity contribution in [3.8, 4) is 0 Å². The topological polar surface area (TPSA) is 54.4 Å². The second kappa shape index (κ2) is 4.69. The molecule has 3 rings (SSSR count). The normalized spacial score (nSPS) is 21.6. The molecule has 100 valence electrons. The monoisotopic (exact) mass is 266 g/mol. The van der Waals surface area contributed by atoms with Gasteiger partial charge in [0.1, 0.15) is 5.60 Å². The van der Waals surface area contributed by atoms with Gasteiger partial charge >= 0.3 is 0 Å². The number of ketones is 2. The van der Waals surface area contributed by atoms with Crippen molar-refractivity contribution < 1.29 is 14.7 Å². The van der Waals surface area contributed by atoms with E-state index in [1.807, 2.05) is 30.3 Å². The lowest BCUT2D eigenvalue weighted by atomic mass is 9.75. The van der Waals surface area contributed by atoms with Gasteiger partial charge in [-0.15, -0.1) is 0 Å². The second-order valence-corrected chi connectivity index (χ2v) is 5.17. The van der Waals surface area contributed by atoms with Crippen molar-refractivity contribution in [3.63, 3.8) is 0 Å². The number of carbonyl (C=O) groups is 2. The first-order valence-electron chi connectivity index (χ1n) is 6.53. The molecule has 3 nitrogen and oxygen atoms in total. The first kappa shape index (κ1) is 12.8. The van der Waals surface area contributed by atoms with Crippen molar-refractivity contribution in [2.24, 2.45) is 0 Å². The van der Waals surface area contributed by atoms with Crippen molar-refractivity contribution in [2.45, 2.75) is 18.4 Å². The number of hydrogen-bond acceptors (Lipinski definition) is 3. The molecule has 0 bridgehead atoms. The van der Waals surface area contributed by atoms with E-state index < -0.39 is 5.60 Å². The lowest BCUT2D eigenvalue weighted by molar-refractivity contribution is 0.0243. The van der Waals surface area contributed by atoms with Crippen LogP contribution in [0.5, 0.6) is 0 Å². The minimum atomic E-state index is -1.63. The van der Waals surface area contributed by atoms with Gasteiger partial charge in [-0.25, -0.2) is 0 Å². The Labute approximate surface area is 116 Å². The first-order valence-corrected chi connectivity index (χ1v) is 6.53. The Bertz CT molecular complexity index is 676. The highest BCUT2D eigenvalue weighted by molar-refractivity contribution is 6.17. The van der Waals surface area contributed by atoms with Crippen molar-refractivity contribution in [3.05, 3.63) is 71.3 Å². The highest BCUT2D eigenvalue weighted by Crippen LogP contribution is 2.31. The van der Waals surface area contributed by atoms with E-state index in [1.54, 1.807) is 24.3 Å². The fourth-order valence-electron chi connectivity index (χ4n) is 2.69. The van der Waals surface area contributed by atoms with Crippen LogP contribution in [0.4, 0.5) is 0 Å². The van der Waals surface area contributed by atoms with Gasteiger partial charge in [-0.3, -0.25) is 9.59 Å². The van der Waals surface area contributed by atoms with Gasteiger partial charge in [-0.1, -0.05) is 54.6 Å². The molecule has 1 aliphatic carbocycles. The van der Waals surface area contributed by atoms with Crippen LogP contribution in [-0.2, 0) is 6.42 Å². The Morgan fingerprint density at radius 2 is 1.50 bits per heavy atom. The van der Waals surface area contributed by atoms with E-state index in [4.69, 9.17) is 0 Å². The van der Waals surface area contributed by atoms with Crippen molar-refractivity contribution in [1.82, 2.24) is 0 Å². The summed E-state index contributed by atoms with van der Waals surface area (Å²) in [5, 5.41) is 10.6. The molecule has 1 N–H and O–H groups in total. The number of aliphatic hydroxyl groups is 1. The van der Waals surface area contributed by atoms with Crippen LogP contribution in [0.15, 0.2) is 54.6 Å². The van der Waals surface area contributed by atoms with Gasteiger partial charge in [-0.2, -0.15) is 0 Å². The zero-order valence-electron chi connectivity index (χ0n) is 10.9. The summed E-state index contributed by atoms with van der Waals surface area (Å²) >= 11 is 0. The molecule has 2 aromatic carbocycles. The Morgan fingerprint density at radius 3 is 2.20 bits per heavy atom. The third kappa shape index (κ3) is 2.06. The summed E-state index contributed by atoms with van der Waals surface area (Å²) in [6.45, 7) is 0.